The van der Waals surface area contributed by atoms with E-state index < -0.39 is 6.04 Å². The second-order valence-corrected chi connectivity index (χ2v) is 6.15. The van der Waals surface area contributed by atoms with Crippen LogP contribution >= 0.6 is 0 Å². The van der Waals surface area contributed by atoms with Crippen LogP contribution in [-0.2, 0) is 11.4 Å². The van der Waals surface area contributed by atoms with Crippen LogP contribution in [0.5, 0.6) is 11.5 Å². The van der Waals surface area contributed by atoms with Gasteiger partial charge in [0.25, 0.3) is 5.91 Å². The SMILES string of the molecule is COc1ccccc1OCc1cc(C(=O)N2CCN(C)C(=O)[C@H]2C)n[nH]1. The molecule has 1 fully saturated rings. The van der Waals surface area contributed by atoms with Crippen molar-refractivity contribution < 1.29 is 19.1 Å². The normalized spacial score (nSPS) is 17.3. The minimum atomic E-state index is -0.494. The lowest BCUT2D eigenvalue weighted by molar-refractivity contribution is -0.137. The van der Waals surface area contributed by atoms with Crippen LogP contribution in [0.15, 0.2) is 30.3 Å². The zero-order chi connectivity index (χ0) is 18.7. The summed E-state index contributed by atoms with van der Waals surface area (Å²) >= 11 is 0. The summed E-state index contributed by atoms with van der Waals surface area (Å²) in [5, 5.41) is 6.88. The number of amides is 2. The van der Waals surface area contributed by atoms with Gasteiger partial charge in [-0.1, -0.05) is 12.1 Å². The maximum absolute atomic E-state index is 12.7. The molecule has 0 radical (unpaired) electrons. The van der Waals surface area contributed by atoms with Crippen molar-refractivity contribution in [3.05, 3.63) is 41.7 Å². The Hall–Kier alpha value is -3.03. The molecule has 1 aromatic carbocycles. The number of carbonyl (C=O) groups is 2. The molecule has 1 N–H and O–H groups in total. The Balaban J connectivity index is 1.66. The predicted octanol–water partition coefficient (Wildman–Crippen LogP) is 1.30. The number of H-pyrrole nitrogens is 1. The number of benzene rings is 1. The van der Waals surface area contributed by atoms with Crippen molar-refractivity contribution in [2.75, 3.05) is 27.2 Å². The van der Waals surface area contributed by atoms with E-state index in [1.807, 2.05) is 18.2 Å². The lowest BCUT2D eigenvalue weighted by Gasteiger charge is -2.36. The molecule has 8 heteroatoms. The van der Waals surface area contributed by atoms with Crippen LogP contribution in [-0.4, -0.2) is 65.1 Å². The molecule has 1 aromatic heterocycles. The molecule has 1 atom stereocenters. The summed E-state index contributed by atoms with van der Waals surface area (Å²) in [7, 11) is 3.32. The lowest BCUT2D eigenvalue weighted by Crippen LogP contribution is -2.56. The number of ether oxygens (including phenoxy) is 2. The molecule has 138 valence electrons. The summed E-state index contributed by atoms with van der Waals surface area (Å²) in [6, 6.07) is 8.48. The van der Waals surface area contributed by atoms with Crippen molar-refractivity contribution in [1.82, 2.24) is 20.0 Å². The van der Waals surface area contributed by atoms with Gasteiger partial charge in [-0.3, -0.25) is 14.7 Å². The average molecular weight is 358 g/mol. The van der Waals surface area contributed by atoms with Crippen LogP contribution in [0.4, 0.5) is 0 Å². The van der Waals surface area contributed by atoms with Gasteiger partial charge in [0.15, 0.2) is 17.2 Å². The number of likely N-dealkylation sites (N-methyl/N-ethyl adjacent to an activating group) is 1. The number of aromatic nitrogens is 2. The molecule has 26 heavy (non-hydrogen) atoms. The van der Waals surface area contributed by atoms with Gasteiger partial charge in [-0.25, -0.2) is 0 Å². The number of methoxy groups -OCH3 is 1. The van der Waals surface area contributed by atoms with Gasteiger partial charge in [-0.2, -0.15) is 5.10 Å². The van der Waals surface area contributed by atoms with E-state index in [0.717, 1.165) is 0 Å². The number of nitrogens with zero attached hydrogens (tertiary/aromatic N) is 3. The summed E-state index contributed by atoms with van der Waals surface area (Å²) in [6.45, 7) is 2.96. The van der Waals surface area contributed by atoms with Gasteiger partial charge in [0.1, 0.15) is 12.6 Å². The molecule has 2 amide bonds. The predicted molar refractivity (Wildman–Crippen MR) is 94.0 cm³/mol. The van der Waals surface area contributed by atoms with Crippen molar-refractivity contribution in [3.63, 3.8) is 0 Å². The highest BCUT2D eigenvalue weighted by atomic mass is 16.5. The van der Waals surface area contributed by atoms with Gasteiger partial charge in [0.05, 0.1) is 12.8 Å². The van der Waals surface area contributed by atoms with Crippen LogP contribution in [0.3, 0.4) is 0 Å². The highest BCUT2D eigenvalue weighted by Gasteiger charge is 2.33. The van der Waals surface area contributed by atoms with Crippen molar-refractivity contribution in [2.24, 2.45) is 0 Å². The Kier molecular flexibility index (Phi) is 5.11. The Labute approximate surface area is 151 Å². The molecule has 0 aliphatic carbocycles. The minimum absolute atomic E-state index is 0.0696. The van der Waals surface area contributed by atoms with E-state index in [1.165, 1.54) is 0 Å². The molecule has 2 aromatic rings. The number of para-hydroxylation sites is 2. The highest BCUT2D eigenvalue weighted by Crippen LogP contribution is 2.26. The van der Waals surface area contributed by atoms with E-state index in [4.69, 9.17) is 9.47 Å². The average Bonchev–Trinajstić information content (AvgIpc) is 3.13. The highest BCUT2D eigenvalue weighted by molar-refractivity contribution is 5.96. The largest absolute Gasteiger partial charge is 0.493 e. The topological polar surface area (TPSA) is 87.8 Å². The Morgan fingerprint density at radius 1 is 1.31 bits per heavy atom. The molecule has 0 saturated carbocycles. The molecular weight excluding hydrogens is 336 g/mol. The summed E-state index contributed by atoms with van der Waals surface area (Å²) in [4.78, 5) is 27.9. The van der Waals surface area contributed by atoms with E-state index in [2.05, 4.69) is 10.2 Å². The molecular formula is C18H22N4O4. The van der Waals surface area contributed by atoms with E-state index in [-0.39, 0.29) is 24.1 Å². The van der Waals surface area contributed by atoms with E-state index >= 15 is 0 Å². The van der Waals surface area contributed by atoms with Gasteiger partial charge in [0, 0.05) is 20.1 Å². The standard InChI is InChI=1S/C18H22N4O4/c1-12-17(23)21(2)8-9-22(12)18(24)14-10-13(19-20-14)11-26-16-7-5-4-6-15(16)25-3/h4-7,10,12H,8-9,11H2,1-3H3,(H,19,20)/t12-/m1/s1. The van der Waals surface area contributed by atoms with Gasteiger partial charge in [0.2, 0.25) is 5.91 Å². The van der Waals surface area contributed by atoms with Crippen LogP contribution in [0.1, 0.15) is 23.1 Å². The van der Waals surface area contributed by atoms with Gasteiger partial charge < -0.3 is 19.3 Å². The Bertz CT molecular complexity index is 804. The summed E-state index contributed by atoms with van der Waals surface area (Å²) < 4.78 is 11.0. The third-order valence-corrected chi connectivity index (χ3v) is 4.44. The molecule has 1 aliphatic rings. The Morgan fingerprint density at radius 2 is 2.04 bits per heavy atom. The number of piperazine rings is 1. The first-order valence-corrected chi connectivity index (χ1v) is 8.37. The minimum Gasteiger partial charge on any atom is -0.493 e. The molecule has 0 spiro atoms. The van der Waals surface area contributed by atoms with Gasteiger partial charge in [-0.05, 0) is 25.1 Å². The van der Waals surface area contributed by atoms with Crippen molar-refractivity contribution in [3.8, 4) is 11.5 Å². The second-order valence-electron chi connectivity index (χ2n) is 6.15. The molecule has 3 rings (SSSR count). The number of aromatic amines is 1. The molecule has 0 bridgehead atoms. The van der Waals surface area contributed by atoms with Crippen LogP contribution in [0.25, 0.3) is 0 Å². The second kappa shape index (κ2) is 7.47. The maximum atomic E-state index is 12.7. The monoisotopic (exact) mass is 358 g/mol. The fraction of sp³-hybridized carbons (Fsp3) is 0.389. The maximum Gasteiger partial charge on any atom is 0.275 e. The van der Waals surface area contributed by atoms with Crippen molar-refractivity contribution in [1.29, 1.82) is 0 Å². The summed E-state index contributed by atoms with van der Waals surface area (Å²) in [5.41, 5.74) is 0.931. The molecule has 1 saturated heterocycles. The number of nitrogens with one attached hydrogen (secondary N) is 1. The van der Waals surface area contributed by atoms with Crippen molar-refractivity contribution in [2.45, 2.75) is 19.6 Å². The number of hydrogen-bond donors (Lipinski definition) is 1. The molecule has 1 aliphatic heterocycles. The third kappa shape index (κ3) is 3.49. The number of rotatable bonds is 5. The van der Waals surface area contributed by atoms with Gasteiger partial charge in [-0.15, -0.1) is 0 Å². The van der Waals surface area contributed by atoms with E-state index in [9.17, 15) is 9.59 Å². The summed E-state index contributed by atoms with van der Waals surface area (Å²) in [5.74, 6) is 0.905. The fourth-order valence-corrected chi connectivity index (χ4v) is 2.88. The Morgan fingerprint density at radius 3 is 2.77 bits per heavy atom. The number of carbonyl (C=O) groups excluding carboxylic acids is 2. The van der Waals surface area contributed by atoms with Crippen LogP contribution in [0.2, 0.25) is 0 Å². The van der Waals surface area contributed by atoms with Gasteiger partial charge >= 0.3 is 0 Å². The van der Waals surface area contributed by atoms with E-state index in [1.54, 1.807) is 43.0 Å². The molecule has 2 heterocycles. The quantitative estimate of drug-likeness (QED) is 0.870. The van der Waals surface area contributed by atoms with Crippen LogP contribution in [0, 0.1) is 0 Å². The zero-order valence-electron chi connectivity index (χ0n) is 15.1. The fourth-order valence-electron chi connectivity index (χ4n) is 2.88. The van der Waals surface area contributed by atoms with Crippen molar-refractivity contribution >= 4 is 11.8 Å². The lowest BCUT2D eigenvalue weighted by atomic mass is 10.1. The first-order valence-electron chi connectivity index (χ1n) is 8.37. The third-order valence-electron chi connectivity index (χ3n) is 4.44. The first-order chi connectivity index (χ1) is 12.5. The molecule has 8 nitrogen and oxygen atoms in total. The van der Waals surface area contributed by atoms with Crippen LogP contribution < -0.4 is 9.47 Å². The zero-order valence-corrected chi connectivity index (χ0v) is 15.1. The first kappa shape index (κ1) is 17.8. The smallest absolute Gasteiger partial charge is 0.275 e. The van der Waals surface area contributed by atoms with E-state index in [0.29, 0.717) is 30.3 Å². The molecule has 0 unspecified atom stereocenters. The number of hydrogen-bond acceptors (Lipinski definition) is 5. The summed E-state index contributed by atoms with van der Waals surface area (Å²) in [6.07, 6.45) is 0.